The van der Waals surface area contributed by atoms with E-state index in [1.165, 1.54) is 34.1 Å². The largest absolute Gasteiger partial charge is 0.481 e. The third kappa shape index (κ3) is 6.14. The molecule has 1 heterocycles. The summed E-state index contributed by atoms with van der Waals surface area (Å²) >= 11 is 2.59. The number of amides is 2. The molecule has 156 valence electrons. The van der Waals surface area contributed by atoms with Crippen LogP contribution in [0, 0.1) is 17.6 Å². The Kier molecular flexibility index (Phi) is 7.43. The van der Waals surface area contributed by atoms with Gasteiger partial charge in [-0.25, -0.2) is 18.6 Å². The minimum Gasteiger partial charge on any atom is -0.481 e. The highest BCUT2D eigenvalue weighted by molar-refractivity contribution is 8.01. The molecule has 1 aliphatic rings. The van der Waals surface area contributed by atoms with Gasteiger partial charge in [0, 0.05) is 24.1 Å². The van der Waals surface area contributed by atoms with Crippen molar-refractivity contribution >= 4 is 45.9 Å². The number of carboxylic acids is 1. The summed E-state index contributed by atoms with van der Waals surface area (Å²) in [6, 6.07) is 2.97. The van der Waals surface area contributed by atoms with Crippen molar-refractivity contribution in [2.24, 2.45) is 5.92 Å². The fraction of sp³-hybridized carbons (Fsp3) is 0.421. The van der Waals surface area contributed by atoms with Gasteiger partial charge in [-0.05, 0) is 30.9 Å². The summed E-state index contributed by atoms with van der Waals surface area (Å²) in [5.74, 6) is -2.11. The van der Waals surface area contributed by atoms with E-state index in [1.807, 2.05) is 0 Å². The molecular weight excluding hydrogens is 420 g/mol. The fourth-order valence-electron chi connectivity index (χ4n) is 3.19. The fourth-order valence-corrected chi connectivity index (χ4v) is 5.06. The van der Waals surface area contributed by atoms with Gasteiger partial charge >= 0.3 is 12.0 Å². The summed E-state index contributed by atoms with van der Waals surface area (Å²) in [6.07, 6.45) is 5.80. The first-order valence-corrected chi connectivity index (χ1v) is 11.1. The van der Waals surface area contributed by atoms with Crippen molar-refractivity contribution in [1.29, 1.82) is 0 Å². The molecule has 1 saturated carbocycles. The molecule has 0 atom stereocenters. The number of rotatable bonds is 8. The number of nitrogens with one attached hydrogen (secondary N) is 1. The normalized spacial score (nSPS) is 14.1. The van der Waals surface area contributed by atoms with Crippen molar-refractivity contribution in [3.8, 4) is 0 Å². The Hall–Kier alpha value is -2.20. The number of aromatic nitrogens is 1. The third-order valence-electron chi connectivity index (χ3n) is 4.63. The van der Waals surface area contributed by atoms with E-state index in [9.17, 15) is 18.4 Å². The molecule has 1 aliphatic carbocycles. The van der Waals surface area contributed by atoms with Gasteiger partial charge in [-0.1, -0.05) is 24.2 Å². The zero-order valence-electron chi connectivity index (χ0n) is 15.6. The number of carbonyl (C=O) groups is 2. The first kappa shape index (κ1) is 21.5. The number of hydrogen-bond donors (Lipinski definition) is 2. The number of aliphatic carboxylic acids is 1. The van der Waals surface area contributed by atoms with Crippen molar-refractivity contribution in [2.45, 2.75) is 36.3 Å². The van der Waals surface area contributed by atoms with Crippen LogP contribution >= 0.6 is 23.1 Å². The lowest BCUT2D eigenvalue weighted by Crippen LogP contribution is -2.38. The minimum absolute atomic E-state index is 0.0373. The zero-order valence-corrected chi connectivity index (χ0v) is 17.2. The van der Waals surface area contributed by atoms with E-state index in [0.29, 0.717) is 29.0 Å². The van der Waals surface area contributed by atoms with Crippen LogP contribution in [-0.2, 0) is 4.79 Å². The molecular formula is C19H21F2N3O3S2. The van der Waals surface area contributed by atoms with Crippen LogP contribution < -0.4 is 10.2 Å². The maximum absolute atomic E-state index is 13.7. The van der Waals surface area contributed by atoms with Gasteiger partial charge in [0.05, 0.1) is 16.8 Å². The van der Waals surface area contributed by atoms with E-state index < -0.39 is 23.6 Å². The summed E-state index contributed by atoms with van der Waals surface area (Å²) in [4.78, 5) is 29.1. The second kappa shape index (κ2) is 10.0. The topological polar surface area (TPSA) is 82.5 Å². The zero-order chi connectivity index (χ0) is 20.8. The number of anilines is 2. The highest BCUT2D eigenvalue weighted by Crippen LogP contribution is 2.31. The lowest BCUT2D eigenvalue weighted by Gasteiger charge is -2.25. The maximum atomic E-state index is 13.7. The minimum atomic E-state index is -1.00. The summed E-state index contributed by atoms with van der Waals surface area (Å²) in [7, 11) is 0. The SMILES string of the molecule is O=C(O)CCSc1cnc(NC(=O)N(CC2CCCC2)c2ccc(F)c(F)c2)s1. The molecule has 2 aromatic rings. The Morgan fingerprint density at radius 3 is 2.72 bits per heavy atom. The van der Waals surface area contributed by atoms with Crippen LogP contribution in [0.15, 0.2) is 28.6 Å². The number of nitrogens with zero attached hydrogens (tertiary/aromatic N) is 2. The van der Waals surface area contributed by atoms with Crippen molar-refractivity contribution in [2.75, 3.05) is 22.5 Å². The quantitative estimate of drug-likeness (QED) is 0.549. The van der Waals surface area contributed by atoms with Crippen LogP contribution in [0.1, 0.15) is 32.1 Å². The molecule has 0 saturated heterocycles. The van der Waals surface area contributed by atoms with E-state index in [1.54, 1.807) is 6.20 Å². The van der Waals surface area contributed by atoms with Gasteiger partial charge < -0.3 is 5.11 Å². The van der Waals surface area contributed by atoms with E-state index in [4.69, 9.17) is 5.11 Å². The van der Waals surface area contributed by atoms with Crippen LogP contribution in [0.3, 0.4) is 0 Å². The van der Waals surface area contributed by atoms with Crippen LogP contribution in [0.4, 0.5) is 24.4 Å². The molecule has 1 fully saturated rings. The Balaban J connectivity index is 1.69. The van der Waals surface area contributed by atoms with Gasteiger partial charge in [-0.15, -0.1) is 11.8 Å². The summed E-state index contributed by atoms with van der Waals surface area (Å²) in [5.41, 5.74) is 0.293. The number of thioether (sulfide) groups is 1. The molecule has 0 radical (unpaired) electrons. The Bertz CT molecular complexity index is 872. The number of benzene rings is 1. The van der Waals surface area contributed by atoms with Crippen LogP contribution in [-0.4, -0.2) is 34.4 Å². The van der Waals surface area contributed by atoms with Crippen molar-refractivity contribution in [3.05, 3.63) is 36.0 Å². The molecule has 10 heteroatoms. The van der Waals surface area contributed by atoms with Crippen molar-refractivity contribution in [3.63, 3.8) is 0 Å². The highest BCUT2D eigenvalue weighted by Gasteiger charge is 2.24. The van der Waals surface area contributed by atoms with E-state index >= 15 is 0 Å². The molecule has 1 aromatic heterocycles. The molecule has 0 bridgehead atoms. The molecule has 2 N–H and O–H groups in total. The molecule has 1 aromatic carbocycles. The summed E-state index contributed by atoms with van der Waals surface area (Å²) in [5, 5.41) is 11.8. The first-order valence-electron chi connectivity index (χ1n) is 9.26. The lowest BCUT2D eigenvalue weighted by atomic mass is 10.1. The number of thiazole rings is 1. The summed E-state index contributed by atoms with van der Waals surface area (Å²) in [6.45, 7) is 0.419. The van der Waals surface area contributed by atoms with E-state index in [-0.39, 0.29) is 6.42 Å². The predicted molar refractivity (Wildman–Crippen MR) is 110 cm³/mol. The van der Waals surface area contributed by atoms with Crippen LogP contribution in [0.25, 0.3) is 0 Å². The van der Waals surface area contributed by atoms with Gasteiger partial charge in [0.2, 0.25) is 0 Å². The Morgan fingerprint density at radius 1 is 1.28 bits per heavy atom. The second-order valence-corrected chi connectivity index (χ2v) is 9.19. The summed E-state index contributed by atoms with van der Waals surface area (Å²) < 4.78 is 27.9. The van der Waals surface area contributed by atoms with Gasteiger partial charge in [0.1, 0.15) is 0 Å². The van der Waals surface area contributed by atoms with Crippen molar-refractivity contribution in [1.82, 2.24) is 4.98 Å². The molecule has 29 heavy (non-hydrogen) atoms. The molecule has 0 aliphatic heterocycles. The molecule has 0 unspecified atom stereocenters. The van der Waals surface area contributed by atoms with Gasteiger partial charge in [0.15, 0.2) is 16.8 Å². The average molecular weight is 442 g/mol. The van der Waals surface area contributed by atoms with Crippen molar-refractivity contribution < 1.29 is 23.5 Å². The van der Waals surface area contributed by atoms with E-state index in [0.717, 1.165) is 42.0 Å². The molecule has 3 rings (SSSR count). The number of urea groups is 1. The Morgan fingerprint density at radius 2 is 2.03 bits per heavy atom. The predicted octanol–water partition coefficient (Wildman–Crippen LogP) is 5.22. The monoisotopic (exact) mass is 441 g/mol. The number of hydrogen-bond acceptors (Lipinski definition) is 5. The molecule has 0 spiro atoms. The van der Waals surface area contributed by atoms with Gasteiger partial charge in [0.25, 0.3) is 0 Å². The third-order valence-corrected chi connectivity index (χ3v) is 6.74. The van der Waals surface area contributed by atoms with Gasteiger partial charge in [-0.3, -0.25) is 15.0 Å². The molecule has 2 amide bonds. The first-order chi connectivity index (χ1) is 13.9. The standard InChI is InChI=1S/C19H21F2N3O3S2/c20-14-6-5-13(9-15(14)21)24(11-12-3-1-2-4-12)19(27)23-18-22-10-17(29-18)28-8-7-16(25)26/h5-6,9-10,12H,1-4,7-8,11H2,(H,25,26)(H,22,23,27). The maximum Gasteiger partial charge on any atom is 0.328 e. The van der Waals surface area contributed by atoms with Crippen LogP contribution in [0.2, 0.25) is 0 Å². The Labute approximate surface area is 175 Å². The average Bonchev–Trinajstić information content (AvgIpc) is 3.34. The number of carboxylic acid groups (broad SMARTS) is 1. The highest BCUT2D eigenvalue weighted by atomic mass is 32.2. The smallest absolute Gasteiger partial charge is 0.328 e. The van der Waals surface area contributed by atoms with E-state index in [2.05, 4.69) is 10.3 Å². The molecule has 6 nitrogen and oxygen atoms in total. The van der Waals surface area contributed by atoms with Crippen LogP contribution in [0.5, 0.6) is 0 Å². The van der Waals surface area contributed by atoms with Gasteiger partial charge in [-0.2, -0.15) is 0 Å². The number of carbonyl (C=O) groups excluding carboxylic acids is 1. The lowest BCUT2D eigenvalue weighted by molar-refractivity contribution is -0.136. The second-order valence-electron chi connectivity index (χ2n) is 6.77. The number of halogens is 2.